The van der Waals surface area contributed by atoms with Crippen molar-refractivity contribution in [3.8, 4) is 0 Å². The molecule has 1 aliphatic carbocycles. The number of amides is 2. The van der Waals surface area contributed by atoms with Crippen molar-refractivity contribution in [2.45, 2.75) is 31.8 Å². The molecule has 1 saturated carbocycles. The van der Waals surface area contributed by atoms with E-state index in [1.165, 1.54) is 4.88 Å². The Bertz CT molecular complexity index is 425. The van der Waals surface area contributed by atoms with Crippen molar-refractivity contribution in [3.63, 3.8) is 0 Å². The molecule has 19 heavy (non-hydrogen) atoms. The number of hydrogen-bond acceptors (Lipinski definition) is 3. The van der Waals surface area contributed by atoms with Crippen LogP contribution in [0.15, 0.2) is 15.9 Å². The lowest BCUT2D eigenvalue weighted by Gasteiger charge is -2.11. The van der Waals surface area contributed by atoms with Crippen LogP contribution >= 0.6 is 27.3 Å². The number of aliphatic hydroxyl groups is 1. The Labute approximate surface area is 125 Å². The van der Waals surface area contributed by atoms with E-state index in [-0.39, 0.29) is 12.1 Å². The van der Waals surface area contributed by atoms with Crippen LogP contribution in [0.5, 0.6) is 0 Å². The maximum Gasteiger partial charge on any atom is 0.314 e. The van der Waals surface area contributed by atoms with Gasteiger partial charge in [0, 0.05) is 18.0 Å². The molecule has 1 aromatic heterocycles. The molecule has 106 valence electrons. The molecule has 0 bridgehead atoms. The van der Waals surface area contributed by atoms with Crippen LogP contribution < -0.4 is 10.6 Å². The van der Waals surface area contributed by atoms with Crippen LogP contribution in [0.4, 0.5) is 4.79 Å². The summed E-state index contributed by atoms with van der Waals surface area (Å²) in [5, 5.41) is 15.1. The molecule has 1 aromatic rings. The summed E-state index contributed by atoms with van der Waals surface area (Å²) in [5.74, 6) is 0.425. The predicted molar refractivity (Wildman–Crippen MR) is 80.5 cm³/mol. The van der Waals surface area contributed by atoms with Gasteiger partial charge in [-0.3, -0.25) is 0 Å². The zero-order chi connectivity index (χ0) is 13.7. The van der Waals surface area contributed by atoms with E-state index in [9.17, 15) is 9.90 Å². The molecule has 0 spiro atoms. The third-order valence-corrected chi connectivity index (χ3v) is 5.03. The standard InChI is InChI=1S/C13H19BrN2O2S/c14-12-4-3-11(19-12)5-6-15-13(18)16-8-9-1-2-10(17)7-9/h3-4,9-10,17H,1-2,5-8H2,(H2,15,16,18)/t9-,10-/m0/s1. The second kappa shape index (κ2) is 7.26. The minimum Gasteiger partial charge on any atom is -0.393 e. The SMILES string of the molecule is O=C(NCCc1ccc(Br)s1)NC[C@H]1CC[C@H](O)C1. The van der Waals surface area contributed by atoms with Crippen LogP contribution in [0, 0.1) is 5.92 Å². The van der Waals surface area contributed by atoms with Gasteiger partial charge in [0.25, 0.3) is 0 Å². The summed E-state index contributed by atoms with van der Waals surface area (Å²) in [5.41, 5.74) is 0. The molecule has 3 N–H and O–H groups in total. The van der Waals surface area contributed by atoms with Crippen LogP contribution in [0.1, 0.15) is 24.1 Å². The number of halogens is 1. The topological polar surface area (TPSA) is 61.4 Å². The first-order valence-electron chi connectivity index (χ1n) is 6.57. The molecule has 0 radical (unpaired) electrons. The van der Waals surface area contributed by atoms with Crippen molar-refractivity contribution in [3.05, 3.63) is 20.8 Å². The maximum atomic E-state index is 11.6. The molecule has 2 atom stereocenters. The molecular formula is C13H19BrN2O2S. The molecule has 0 unspecified atom stereocenters. The van der Waals surface area contributed by atoms with Gasteiger partial charge >= 0.3 is 6.03 Å². The quantitative estimate of drug-likeness (QED) is 0.767. The highest BCUT2D eigenvalue weighted by Gasteiger charge is 2.22. The van der Waals surface area contributed by atoms with E-state index in [1.54, 1.807) is 11.3 Å². The third kappa shape index (κ3) is 5.12. The molecular weight excluding hydrogens is 328 g/mol. The van der Waals surface area contributed by atoms with Crippen molar-refractivity contribution in [1.29, 1.82) is 0 Å². The first-order valence-corrected chi connectivity index (χ1v) is 8.18. The van der Waals surface area contributed by atoms with Crippen molar-refractivity contribution < 1.29 is 9.90 Å². The number of carbonyl (C=O) groups is 1. The Balaban J connectivity index is 1.57. The molecule has 2 rings (SSSR count). The van der Waals surface area contributed by atoms with Crippen LogP contribution in [0.25, 0.3) is 0 Å². The predicted octanol–water partition coefficient (Wildman–Crippen LogP) is 2.51. The van der Waals surface area contributed by atoms with Gasteiger partial charge in [0.05, 0.1) is 9.89 Å². The Morgan fingerprint density at radius 2 is 2.26 bits per heavy atom. The largest absolute Gasteiger partial charge is 0.393 e. The fourth-order valence-electron chi connectivity index (χ4n) is 2.32. The monoisotopic (exact) mass is 346 g/mol. The van der Waals surface area contributed by atoms with Gasteiger partial charge in [-0.05, 0) is 59.7 Å². The first kappa shape index (κ1) is 14.8. The van der Waals surface area contributed by atoms with Crippen LogP contribution in [0.3, 0.4) is 0 Å². The number of rotatable bonds is 5. The van der Waals surface area contributed by atoms with Crippen LogP contribution in [-0.2, 0) is 6.42 Å². The Morgan fingerprint density at radius 1 is 1.42 bits per heavy atom. The van der Waals surface area contributed by atoms with Gasteiger partial charge in [-0.2, -0.15) is 0 Å². The van der Waals surface area contributed by atoms with Crippen molar-refractivity contribution in [2.75, 3.05) is 13.1 Å². The normalized spacial score (nSPS) is 22.4. The number of carbonyl (C=O) groups excluding carboxylic acids is 1. The molecule has 2 amide bonds. The van der Waals surface area contributed by atoms with Gasteiger partial charge < -0.3 is 15.7 Å². The van der Waals surface area contributed by atoms with E-state index in [4.69, 9.17) is 0 Å². The smallest absolute Gasteiger partial charge is 0.314 e. The van der Waals surface area contributed by atoms with Gasteiger partial charge in [-0.25, -0.2) is 4.79 Å². The van der Waals surface area contributed by atoms with Crippen LogP contribution in [0.2, 0.25) is 0 Å². The average molecular weight is 347 g/mol. The molecule has 0 aromatic carbocycles. The first-order chi connectivity index (χ1) is 9.13. The van der Waals surface area contributed by atoms with Crippen molar-refractivity contribution >= 4 is 33.3 Å². The number of hydrogen-bond donors (Lipinski definition) is 3. The Hall–Kier alpha value is -0.590. The van der Waals surface area contributed by atoms with Crippen LogP contribution in [-0.4, -0.2) is 30.3 Å². The van der Waals surface area contributed by atoms with E-state index in [0.29, 0.717) is 19.0 Å². The Kier molecular flexibility index (Phi) is 5.66. The van der Waals surface area contributed by atoms with Crippen molar-refractivity contribution in [1.82, 2.24) is 10.6 Å². The lowest BCUT2D eigenvalue weighted by atomic mass is 10.1. The van der Waals surface area contributed by atoms with E-state index in [1.807, 2.05) is 6.07 Å². The number of thiophene rings is 1. The summed E-state index contributed by atoms with van der Waals surface area (Å²) in [6.45, 7) is 1.31. The number of nitrogens with one attached hydrogen (secondary N) is 2. The Morgan fingerprint density at radius 3 is 2.89 bits per heavy atom. The van der Waals surface area contributed by atoms with Gasteiger partial charge in [-0.1, -0.05) is 0 Å². The minimum atomic E-state index is -0.174. The highest BCUT2D eigenvalue weighted by Crippen LogP contribution is 2.24. The highest BCUT2D eigenvalue weighted by molar-refractivity contribution is 9.11. The summed E-state index contributed by atoms with van der Waals surface area (Å²) < 4.78 is 1.12. The van der Waals surface area contributed by atoms with Crippen molar-refractivity contribution in [2.24, 2.45) is 5.92 Å². The molecule has 0 aliphatic heterocycles. The molecule has 4 nitrogen and oxygen atoms in total. The van der Waals surface area contributed by atoms with Gasteiger partial charge in [0.1, 0.15) is 0 Å². The molecule has 1 aliphatic rings. The summed E-state index contributed by atoms with van der Waals surface area (Å²) in [6, 6.07) is 3.97. The second-order valence-corrected chi connectivity index (χ2v) is 7.47. The maximum absolute atomic E-state index is 11.6. The summed E-state index contributed by atoms with van der Waals surface area (Å²) in [6.07, 6.45) is 3.36. The lowest BCUT2D eigenvalue weighted by molar-refractivity contribution is 0.177. The van der Waals surface area contributed by atoms with E-state index >= 15 is 0 Å². The van der Waals surface area contributed by atoms with E-state index in [2.05, 4.69) is 32.6 Å². The van der Waals surface area contributed by atoms with Gasteiger partial charge in [-0.15, -0.1) is 11.3 Å². The molecule has 1 fully saturated rings. The third-order valence-electron chi connectivity index (χ3n) is 3.35. The minimum absolute atomic E-state index is 0.114. The molecule has 1 heterocycles. The fraction of sp³-hybridized carbons (Fsp3) is 0.615. The zero-order valence-corrected chi connectivity index (χ0v) is 13.1. The number of aliphatic hydroxyl groups excluding tert-OH is 1. The average Bonchev–Trinajstić information content (AvgIpc) is 2.96. The summed E-state index contributed by atoms with van der Waals surface area (Å²) >= 11 is 5.11. The van der Waals surface area contributed by atoms with E-state index < -0.39 is 0 Å². The van der Waals surface area contributed by atoms with Gasteiger partial charge in [0.15, 0.2) is 0 Å². The summed E-state index contributed by atoms with van der Waals surface area (Å²) in [4.78, 5) is 12.8. The molecule has 6 heteroatoms. The fourth-order valence-corrected chi connectivity index (χ4v) is 3.80. The number of urea groups is 1. The van der Waals surface area contributed by atoms with E-state index in [0.717, 1.165) is 29.5 Å². The van der Waals surface area contributed by atoms with Gasteiger partial charge in [0.2, 0.25) is 0 Å². The lowest BCUT2D eigenvalue weighted by Crippen LogP contribution is -2.38. The highest BCUT2D eigenvalue weighted by atomic mass is 79.9. The second-order valence-electron chi connectivity index (χ2n) is 4.93. The molecule has 0 saturated heterocycles. The zero-order valence-electron chi connectivity index (χ0n) is 10.7. The summed E-state index contributed by atoms with van der Waals surface area (Å²) in [7, 11) is 0.